The molecule has 0 saturated carbocycles. The van der Waals surface area contributed by atoms with Gasteiger partial charge in [-0.25, -0.2) is 0 Å². The minimum absolute atomic E-state index is 0.671. The Balaban J connectivity index is 1.95. The van der Waals surface area contributed by atoms with Crippen molar-refractivity contribution in [1.29, 1.82) is 0 Å². The highest BCUT2D eigenvalue weighted by Gasteiger charge is 2.16. The molecule has 3 rings (SSSR count). The van der Waals surface area contributed by atoms with E-state index in [2.05, 4.69) is 48.3 Å². The van der Waals surface area contributed by atoms with Crippen LogP contribution in [0.25, 0.3) is 10.9 Å². The number of benzene rings is 1. The largest absolute Gasteiger partial charge is 0.350 e. The molecule has 2 aromatic rings. The van der Waals surface area contributed by atoms with Crippen LogP contribution >= 0.6 is 0 Å². The number of nitrogens with zero attached hydrogens (tertiary/aromatic N) is 1. The standard InChI is InChI=1S/C17H24N2/c1-3-13-7-6-9-16-14(12-19(2)17(13)16)11-15-8-4-5-10-18-15/h6-7,9,12,15,18H,3-5,8,10-11H2,1-2H3. The van der Waals surface area contributed by atoms with Gasteiger partial charge in [0.1, 0.15) is 0 Å². The second-order valence-electron chi connectivity index (χ2n) is 5.78. The van der Waals surface area contributed by atoms with Crippen LogP contribution < -0.4 is 5.32 Å². The van der Waals surface area contributed by atoms with Gasteiger partial charge < -0.3 is 9.88 Å². The van der Waals surface area contributed by atoms with E-state index in [-0.39, 0.29) is 0 Å². The molecule has 0 radical (unpaired) electrons. The summed E-state index contributed by atoms with van der Waals surface area (Å²) in [6, 6.07) is 7.42. The maximum atomic E-state index is 3.66. The molecule has 1 saturated heterocycles. The molecule has 2 heterocycles. The Hall–Kier alpha value is -1.28. The Labute approximate surface area is 115 Å². The lowest BCUT2D eigenvalue weighted by Crippen LogP contribution is -2.35. The van der Waals surface area contributed by atoms with Crippen molar-refractivity contribution in [3.8, 4) is 0 Å². The molecule has 1 aliphatic rings. The van der Waals surface area contributed by atoms with E-state index < -0.39 is 0 Å². The van der Waals surface area contributed by atoms with Crippen LogP contribution in [0.1, 0.15) is 37.3 Å². The van der Waals surface area contributed by atoms with Crippen molar-refractivity contribution in [2.24, 2.45) is 7.05 Å². The fourth-order valence-corrected chi connectivity index (χ4v) is 3.45. The molecule has 1 aliphatic heterocycles. The van der Waals surface area contributed by atoms with Gasteiger partial charge in [0.15, 0.2) is 0 Å². The van der Waals surface area contributed by atoms with Gasteiger partial charge in [0.05, 0.1) is 5.52 Å². The fourth-order valence-electron chi connectivity index (χ4n) is 3.45. The first-order valence-electron chi connectivity index (χ1n) is 7.58. The fraction of sp³-hybridized carbons (Fsp3) is 0.529. The number of aromatic nitrogens is 1. The Morgan fingerprint density at radius 2 is 2.16 bits per heavy atom. The number of aryl methyl sites for hydroxylation is 2. The van der Waals surface area contributed by atoms with Gasteiger partial charge in [-0.2, -0.15) is 0 Å². The van der Waals surface area contributed by atoms with Crippen LogP contribution in [-0.2, 0) is 19.9 Å². The summed E-state index contributed by atoms with van der Waals surface area (Å²) in [6.45, 7) is 3.43. The monoisotopic (exact) mass is 256 g/mol. The predicted molar refractivity (Wildman–Crippen MR) is 81.6 cm³/mol. The SMILES string of the molecule is CCc1cccc2c(CC3CCCCN3)cn(C)c12. The number of hydrogen-bond acceptors (Lipinski definition) is 1. The molecular formula is C17H24N2. The molecule has 1 atom stereocenters. The molecule has 19 heavy (non-hydrogen) atoms. The van der Waals surface area contributed by atoms with Gasteiger partial charge in [0.25, 0.3) is 0 Å². The molecule has 0 spiro atoms. The first-order valence-corrected chi connectivity index (χ1v) is 7.58. The van der Waals surface area contributed by atoms with Crippen LogP contribution in [0.4, 0.5) is 0 Å². The van der Waals surface area contributed by atoms with Gasteiger partial charge in [0.2, 0.25) is 0 Å². The summed E-state index contributed by atoms with van der Waals surface area (Å²) in [5, 5.41) is 5.11. The summed E-state index contributed by atoms with van der Waals surface area (Å²) in [6.07, 6.45) is 8.65. The van der Waals surface area contributed by atoms with Crippen molar-refractivity contribution in [3.63, 3.8) is 0 Å². The first kappa shape index (κ1) is 12.7. The van der Waals surface area contributed by atoms with E-state index in [1.54, 1.807) is 0 Å². The zero-order valence-electron chi connectivity index (χ0n) is 12.1. The molecule has 0 bridgehead atoms. The lowest BCUT2D eigenvalue weighted by molar-refractivity contribution is 0.400. The highest BCUT2D eigenvalue weighted by atomic mass is 14.9. The maximum absolute atomic E-state index is 3.66. The predicted octanol–water partition coefficient (Wildman–Crippen LogP) is 3.43. The second-order valence-corrected chi connectivity index (χ2v) is 5.78. The number of nitrogens with one attached hydrogen (secondary N) is 1. The zero-order valence-corrected chi connectivity index (χ0v) is 12.1. The van der Waals surface area contributed by atoms with Crippen LogP contribution in [0.5, 0.6) is 0 Å². The van der Waals surface area contributed by atoms with Gasteiger partial charge in [-0.3, -0.25) is 0 Å². The van der Waals surface area contributed by atoms with Crippen molar-refractivity contribution >= 4 is 10.9 Å². The van der Waals surface area contributed by atoms with E-state index in [0.29, 0.717) is 6.04 Å². The molecule has 2 nitrogen and oxygen atoms in total. The molecule has 2 heteroatoms. The Morgan fingerprint density at radius 1 is 1.26 bits per heavy atom. The third-order valence-electron chi connectivity index (χ3n) is 4.43. The molecule has 1 fully saturated rings. The topological polar surface area (TPSA) is 17.0 Å². The molecule has 1 aromatic heterocycles. The number of para-hydroxylation sites is 1. The van der Waals surface area contributed by atoms with E-state index in [9.17, 15) is 0 Å². The van der Waals surface area contributed by atoms with Crippen molar-refractivity contribution < 1.29 is 0 Å². The van der Waals surface area contributed by atoms with Gasteiger partial charge in [-0.15, -0.1) is 0 Å². The van der Waals surface area contributed by atoms with Gasteiger partial charge in [0, 0.05) is 24.7 Å². The van der Waals surface area contributed by atoms with Crippen LogP contribution in [-0.4, -0.2) is 17.2 Å². The van der Waals surface area contributed by atoms with E-state index >= 15 is 0 Å². The van der Waals surface area contributed by atoms with Crippen LogP contribution in [0, 0.1) is 0 Å². The van der Waals surface area contributed by atoms with Gasteiger partial charge in [-0.1, -0.05) is 31.5 Å². The summed E-state index contributed by atoms with van der Waals surface area (Å²) >= 11 is 0. The molecule has 0 amide bonds. The van der Waals surface area contributed by atoms with Gasteiger partial charge in [-0.05, 0) is 43.4 Å². The minimum atomic E-state index is 0.671. The first-order chi connectivity index (χ1) is 9.29. The van der Waals surface area contributed by atoms with Crippen molar-refractivity contribution in [3.05, 3.63) is 35.5 Å². The highest BCUT2D eigenvalue weighted by molar-refractivity contribution is 5.87. The summed E-state index contributed by atoms with van der Waals surface area (Å²) in [7, 11) is 2.18. The summed E-state index contributed by atoms with van der Waals surface area (Å²) < 4.78 is 2.31. The molecule has 1 aromatic carbocycles. The average molecular weight is 256 g/mol. The Kier molecular flexibility index (Phi) is 3.61. The number of hydrogen-bond donors (Lipinski definition) is 1. The lowest BCUT2D eigenvalue weighted by Gasteiger charge is -2.23. The number of piperidine rings is 1. The maximum Gasteiger partial charge on any atom is 0.0512 e. The number of fused-ring (bicyclic) bond motifs is 1. The average Bonchev–Trinajstić information content (AvgIpc) is 2.77. The molecule has 1 unspecified atom stereocenters. The van der Waals surface area contributed by atoms with Crippen molar-refractivity contribution in [1.82, 2.24) is 9.88 Å². The summed E-state index contributed by atoms with van der Waals surface area (Å²) in [5.41, 5.74) is 4.39. The van der Waals surface area contributed by atoms with Crippen LogP contribution in [0.15, 0.2) is 24.4 Å². The van der Waals surface area contributed by atoms with Crippen molar-refractivity contribution in [2.45, 2.75) is 45.1 Å². The van der Waals surface area contributed by atoms with Crippen LogP contribution in [0.2, 0.25) is 0 Å². The third-order valence-corrected chi connectivity index (χ3v) is 4.43. The quantitative estimate of drug-likeness (QED) is 0.890. The van der Waals surface area contributed by atoms with E-state index in [4.69, 9.17) is 0 Å². The van der Waals surface area contributed by atoms with E-state index in [0.717, 1.165) is 6.42 Å². The molecule has 102 valence electrons. The number of rotatable bonds is 3. The van der Waals surface area contributed by atoms with Gasteiger partial charge >= 0.3 is 0 Å². The summed E-state index contributed by atoms with van der Waals surface area (Å²) in [5.74, 6) is 0. The zero-order chi connectivity index (χ0) is 13.2. The normalized spacial score (nSPS) is 20.0. The Bertz CT molecular complexity index is 562. The highest BCUT2D eigenvalue weighted by Crippen LogP contribution is 2.26. The van der Waals surface area contributed by atoms with Crippen molar-refractivity contribution in [2.75, 3.05) is 6.54 Å². The second kappa shape index (κ2) is 5.38. The summed E-state index contributed by atoms with van der Waals surface area (Å²) in [4.78, 5) is 0. The van der Waals surface area contributed by atoms with E-state index in [1.807, 2.05) is 0 Å². The molecule has 0 aliphatic carbocycles. The van der Waals surface area contributed by atoms with Crippen LogP contribution in [0.3, 0.4) is 0 Å². The molecule has 1 N–H and O–H groups in total. The lowest BCUT2D eigenvalue weighted by atomic mass is 9.97. The minimum Gasteiger partial charge on any atom is -0.350 e. The Morgan fingerprint density at radius 3 is 2.89 bits per heavy atom. The molecular weight excluding hydrogens is 232 g/mol. The smallest absolute Gasteiger partial charge is 0.0512 e. The van der Waals surface area contributed by atoms with E-state index in [1.165, 1.54) is 54.3 Å². The third kappa shape index (κ3) is 2.42.